The molecule has 1 aliphatic heterocycles. The molecular weight excluding hydrogens is 436 g/mol. The lowest BCUT2D eigenvalue weighted by atomic mass is 9.95. The Labute approximate surface area is 196 Å². The van der Waals surface area contributed by atoms with E-state index in [9.17, 15) is 13.2 Å². The summed E-state index contributed by atoms with van der Waals surface area (Å²) >= 11 is 0. The van der Waals surface area contributed by atoms with Crippen LogP contribution >= 0.6 is 0 Å². The molecule has 33 heavy (non-hydrogen) atoms. The number of hydrogen-bond donors (Lipinski definition) is 0. The zero-order valence-electron chi connectivity index (χ0n) is 20.1. The number of aryl methyl sites for hydroxylation is 4. The van der Waals surface area contributed by atoms with Gasteiger partial charge in [-0.3, -0.25) is 4.79 Å². The van der Waals surface area contributed by atoms with Gasteiger partial charge in [0.2, 0.25) is 15.9 Å². The first-order valence-electron chi connectivity index (χ1n) is 11.5. The summed E-state index contributed by atoms with van der Waals surface area (Å²) in [4.78, 5) is 20.1. The standard InChI is InChI=1S/C25H32N4O3S/c1-6-28-22-10-9-19(33(31,32)27(4)5)16-21(22)26-24(28)11-12-25(30)29-13-7-8-20-18(3)14-17(2)15-23(20)29/h9-10,14-16H,6-8,11-13H2,1-5H3. The number of anilines is 1. The highest BCUT2D eigenvalue weighted by molar-refractivity contribution is 7.89. The Morgan fingerprint density at radius 1 is 1.15 bits per heavy atom. The van der Waals surface area contributed by atoms with Gasteiger partial charge in [0.1, 0.15) is 5.82 Å². The van der Waals surface area contributed by atoms with Gasteiger partial charge in [-0.1, -0.05) is 6.07 Å². The molecule has 1 amide bonds. The monoisotopic (exact) mass is 468 g/mol. The molecule has 0 spiro atoms. The molecule has 4 rings (SSSR count). The number of fused-ring (bicyclic) bond motifs is 2. The fraction of sp³-hybridized carbons (Fsp3) is 0.440. The van der Waals surface area contributed by atoms with Crippen molar-refractivity contribution in [3.8, 4) is 0 Å². The van der Waals surface area contributed by atoms with Gasteiger partial charge in [0.05, 0.1) is 15.9 Å². The summed E-state index contributed by atoms with van der Waals surface area (Å²) in [5.41, 5.74) is 6.26. The Morgan fingerprint density at radius 2 is 1.91 bits per heavy atom. The van der Waals surface area contributed by atoms with E-state index in [1.165, 1.54) is 35.1 Å². The highest BCUT2D eigenvalue weighted by atomic mass is 32.2. The molecule has 3 aromatic rings. The van der Waals surface area contributed by atoms with Crippen molar-refractivity contribution in [1.29, 1.82) is 0 Å². The Bertz CT molecular complexity index is 1330. The molecule has 8 heteroatoms. The van der Waals surface area contributed by atoms with Crippen molar-refractivity contribution in [2.45, 2.75) is 57.9 Å². The number of carbonyl (C=O) groups is 1. The van der Waals surface area contributed by atoms with Gasteiger partial charge >= 0.3 is 0 Å². The first-order valence-corrected chi connectivity index (χ1v) is 12.9. The molecule has 0 atom stereocenters. The molecule has 0 aliphatic carbocycles. The van der Waals surface area contributed by atoms with E-state index in [-0.39, 0.29) is 10.8 Å². The van der Waals surface area contributed by atoms with Crippen molar-refractivity contribution in [3.63, 3.8) is 0 Å². The van der Waals surface area contributed by atoms with Crippen LogP contribution in [0, 0.1) is 13.8 Å². The summed E-state index contributed by atoms with van der Waals surface area (Å²) in [6, 6.07) is 9.35. The summed E-state index contributed by atoms with van der Waals surface area (Å²) in [6.07, 6.45) is 2.85. The average Bonchev–Trinajstić information content (AvgIpc) is 3.13. The molecule has 176 valence electrons. The lowest BCUT2D eigenvalue weighted by Gasteiger charge is -2.31. The van der Waals surface area contributed by atoms with Crippen LogP contribution in [0.5, 0.6) is 0 Å². The van der Waals surface area contributed by atoms with E-state index >= 15 is 0 Å². The summed E-state index contributed by atoms with van der Waals surface area (Å²) in [5, 5.41) is 0. The topological polar surface area (TPSA) is 75.5 Å². The van der Waals surface area contributed by atoms with E-state index in [0.29, 0.717) is 24.9 Å². The molecule has 0 unspecified atom stereocenters. The number of amides is 1. The van der Waals surface area contributed by atoms with Gasteiger partial charge in [-0.2, -0.15) is 0 Å². The minimum absolute atomic E-state index is 0.103. The van der Waals surface area contributed by atoms with Crippen LogP contribution in [0.1, 0.15) is 42.3 Å². The third-order valence-electron chi connectivity index (χ3n) is 6.45. The SMILES string of the molecule is CCn1c(CCC(=O)N2CCCc3c(C)cc(C)cc32)nc2cc(S(=O)(=O)N(C)C)ccc21. The highest BCUT2D eigenvalue weighted by Crippen LogP contribution is 2.32. The van der Waals surface area contributed by atoms with E-state index in [1.807, 2.05) is 11.8 Å². The number of aromatic nitrogens is 2. The highest BCUT2D eigenvalue weighted by Gasteiger charge is 2.25. The molecule has 0 N–H and O–H groups in total. The second kappa shape index (κ2) is 8.91. The zero-order chi connectivity index (χ0) is 23.9. The molecular formula is C25H32N4O3S. The molecule has 0 fully saturated rings. The van der Waals surface area contributed by atoms with Gasteiger partial charge in [-0.25, -0.2) is 17.7 Å². The van der Waals surface area contributed by atoms with Crippen molar-refractivity contribution in [3.05, 3.63) is 52.8 Å². The normalized spacial score (nSPS) is 14.2. The Morgan fingerprint density at radius 3 is 2.61 bits per heavy atom. The molecule has 1 aliphatic rings. The van der Waals surface area contributed by atoms with Gasteiger partial charge in [0.15, 0.2) is 0 Å². The number of sulfonamides is 1. The van der Waals surface area contributed by atoms with Gasteiger partial charge in [0, 0.05) is 45.7 Å². The maximum absolute atomic E-state index is 13.2. The minimum Gasteiger partial charge on any atom is -0.328 e. The van der Waals surface area contributed by atoms with Crippen LogP contribution in [0.15, 0.2) is 35.2 Å². The smallest absolute Gasteiger partial charge is 0.242 e. The average molecular weight is 469 g/mol. The number of carbonyl (C=O) groups excluding carboxylic acids is 1. The van der Waals surface area contributed by atoms with Crippen LogP contribution in [-0.4, -0.2) is 48.8 Å². The summed E-state index contributed by atoms with van der Waals surface area (Å²) in [5.74, 6) is 0.907. The predicted molar refractivity (Wildman–Crippen MR) is 131 cm³/mol. The maximum Gasteiger partial charge on any atom is 0.242 e. The molecule has 0 radical (unpaired) electrons. The second-order valence-electron chi connectivity index (χ2n) is 8.94. The lowest BCUT2D eigenvalue weighted by molar-refractivity contribution is -0.118. The molecule has 1 aromatic heterocycles. The van der Waals surface area contributed by atoms with Crippen LogP contribution in [0.4, 0.5) is 5.69 Å². The van der Waals surface area contributed by atoms with Gasteiger partial charge < -0.3 is 9.47 Å². The Balaban J connectivity index is 1.60. The van der Waals surface area contributed by atoms with Gasteiger partial charge in [-0.05, 0) is 74.6 Å². The van der Waals surface area contributed by atoms with Crippen LogP contribution < -0.4 is 4.90 Å². The van der Waals surface area contributed by atoms with Crippen LogP contribution in [0.3, 0.4) is 0 Å². The summed E-state index contributed by atoms with van der Waals surface area (Å²) in [7, 11) is -0.498. The van der Waals surface area contributed by atoms with Crippen molar-refractivity contribution in [2.24, 2.45) is 0 Å². The van der Waals surface area contributed by atoms with Crippen molar-refractivity contribution < 1.29 is 13.2 Å². The van der Waals surface area contributed by atoms with Crippen LogP contribution in [0.2, 0.25) is 0 Å². The van der Waals surface area contributed by atoms with Crippen molar-refractivity contribution in [1.82, 2.24) is 13.9 Å². The molecule has 2 aromatic carbocycles. The Hall–Kier alpha value is -2.71. The van der Waals surface area contributed by atoms with E-state index in [0.717, 1.165) is 36.4 Å². The molecule has 0 saturated heterocycles. The van der Waals surface area contributed by atoms with E-state index in [4.69, 9.17) is 4.98 Å². The first kappa shape index (κ1) is 23.4. The van der Waals surface area contributed by atoms with E-state index in [2.05, 4.69) is 30.5 Å². The number of benzene rings is 2. The predicted octanol–water partition coefficient (Wildman–Crippen LogP) is 3.84. The third kappa shape index (κ3) is 4.29. The molecule has 7 nitrogen and oxygen atoms in total. The molecule has 0 bridgehead atoms. The largest absolute Gasteiger partial charge is 0.328 e. The second-order valence-corrected chi connectivity index (χ2v) is 11.1. The summed E-state index contributed by atoms with van der Waals surface area (Å²) in [6.45, 7) is 7.66. The number of hydrogen-bond acceptors (Lipinski definition) is 4. The fourth-order valence-electron chi connectivity index (χ4n) is 4.76. The van der Waals surface area contributed by atoms with Crippen molar-refractivity contribution >= 4 is 32.7 Å². The third-order valence-corrected chi connectivity index (χ3v) is 8.26. The van der Waals surface area contributed by atoms with Gasteiger partial charge in [-0.15, -0.1) is 0 Å². The number of imidazole rings is 1. The quantitative estimate of drug-likeness (QED) is 0.551. The summed E-state index contributed by atoms with van der Waals surface area (Å²) < 4.78 is 28.3. The number of rotatable bonds is 6. The van der Waals surface area contributed by atoms with Crippen molar-refractivity contribution in [2.75, 3.05) is 25.5 Å². The number of nitrogens with zero attached hydrogens (tertiary/aromatic N) is 4. The minimum atomic E-state index is -3.53. The first-order chi connectivity index (χ1) is 15.6. The van der Waals surface area contributed by atoms with Gasteiger partial charge in [0.25, 0.3) is 0 Å². The van der Waals surface area contributed by atoms with E-state index in [1.54, 1.807) is 18.2 Å². The lowest BCUT2D eigenvalue weighted by Crippen LogP contribution is -2.36. The van der Waals surface area contributed by atoms with Crippen LogP contribution in [0.25, 0.3) is 11.0 Å². The van der Waals surface area contributed by atoms with E-state index < -0.39 is 10.0 Å². The fourth-order valence-corrected chi connectivity index (χ4v) is 5.68. The van der Waals surface area contributed by atoms with Crippen LogP contribution in [-0.2, 0) is 34.2 Å². The molecule has 2 heterocycles. The molecule has 0 saturated carbocycles. The zero-order valence-corrected chi connectivity index (χ0v) is 20.9. The maximum atomic E-state index is 13.2. The Kier molecular flexibility index (Phi) is 6.33.